The summed E-state index contributed by atoms with van der Waals surface area (Å²) >= 11 is -0.00351. The lowest BCUT2D eigenvalue weighted by Crippen LogP contribution is -2.12. The van der Waals surface area contributed by atoms with Crippen molar-refractivity contribution in [2.75, 3.05) is 7.11 Å². The summed E-state index contributed by atoms with van der Waals surface area (Å²) < 4.78 is 42.5. The zero-order valence-electron chi connectivity index (χ0n) is 12.4. The van der Waals surface area contributed by atoms with Crippen molar-refractivity contribution in [2.24, 2.45) is 5.92 Å². The highest BCUT2D eigenvalue weighted by Crippen LogP contribution is 2.45. The van der Waals surface area contributed by atoms with Crippen molar-refractivity contribution in [1.29, 1.82) is 0 Å². The summed E-state index contributed by atoms with van der Waals surface area (Å²) in [5.74, 6) is -0.954. The SMILES string of the molecule is COC(=O)C(C)c1ccc(C(SC(F)(F)F)C(C)C)cc1. The van der Waals surface area contributed by atoms with E-state index in [1.165, 1.54) is 7.11 Å². The first-order chi connectivity index (χ1) is 9.65. The van der Waals surface area contributed by atoms with Crippen molar-refractivity contribution >= 4 is 17.7 Å². The molecule has 21 heavy (non-hydrogen) atoms. The number of ether oxygens (including phenoxy) is 1. The molecule has 0 bridgehead atoms. The predicted molar refractivity (Wildman–Crippen MR) is 78.1 cm³/mol. The third-order valence-electron chi connectivity index (χ3n) is 3.19. The number of carbonyl (C=O) groups excluding carboxylic acids is 1. The zero-order valence-corrected chi connectivity index (χ0v) is 13.2. The summed E-state index contributed by atoms with van der Waals surface area (Å²) in [4.78, 5) is 11.5. The first kappa shape index (κ1) is 17.9. The minimum Gasteiger partial charge on any atom is -0.469 e. The van der Waals surface area contributed by atoms with Crippen molar-refractivity contribution in [3.8, 4) is 0 Å². The lowest BCUT2D eigenvalue weighted by molar-refractivity contribution is -0.142. The van der Waals surface area contributed by atoms with Gasteiger partial charge in [0.2, 0.25) is 0 Å². The van der Waals surface area contributed by atoms with E-state index < -0.39 is 16.7 Å². The Morgan fingerprint density at radius 2 is 1.57 bits per heavy atom. The predicted octanol–water partition coefficient (Wildman–Crippen LogP) is 4.91. The topological polar surface area (TPSA) is 26.3 Å². The van der Waals surface area contributed by atoms with Crippen LogP contribution in [0.3, 0.4) is 0 Å². The van der Waals surface area contributed by atoms with E-state index in [1.54, 1.807) is 45.0 Å². The summed E-state index contributed by atoms with van der Waals surface area (Å²) in [7, 11) is 1.31. The Kier molecular flexibility index (Phi) is 6.13. The quantitative estimate of drug-likeness (QED) is 0.721. The smallest absolute Gasteiger partial charge is 0.442 e. The zero-order chi connectivity index (χ0) is 16.2. The Hall–Kier alpha value is -1.17. The van der Waals surface area contributed by atoms with E-state index in [1.807, 2.05) is 0 Å². The van der Waals surface area contributed by atoms with Crippen LogP contribution in [0.25, 0.3) is 0 Å². The van der Waals surface area contributed by atoms with Gasteiger partial charge in [-0.05, 0) is 35.7 Å². The number of carbonyl (C=O) groups is 1. The Morgan fingerprint density at radius 1 is 1.10 bits per heavy atom. The van der Waals surface area contributed by atoms with E-state index in [0.717, 1.165) is 5.56 Å². The van der Waals surface area contributed by atoms with Gasteiger partial charge >= 0.3 is 11.5 Å². The van der Waals surface area contributed by atoms with Crippen LogP contribution in [0, 0.1) is 5.92 Å². The molecule has 0 aliphatic rings. The third-order valence-corrected chi connectivity index (χ3v) is 4.52. The number of hydrogen-bond donors (Lipinski definition) is 0. The fourth-order valence-electron chi connectivity index (χ4n) is 2.02. The highest BCUT2D eigenvalue weighted by molar-refractivity contribution is 8.00. The molecule has 0 amide bonds. The number of esters is 1. The molecular formula is C15H19F3O2S. The number of methoxy groups -OCH3 is 1. The van der Waals surface area contributed by atoms with Crippen LogP contribution in [0.15, 0.2) is 24.3 Å². The van der Waals surface area contributed by atoms with Crippen LogP contribution in [0.5, 0.6) is 0 Å². The first-order valence-corrected chi connectivity index (χ1v) is 7.46. The maximum absolute atomic E-state index is 12.6. The van der Waals surface area contributed by atoms with Gasteiger partial charge in [-0.3, -0.25) is 4.79 Å². The van der Waals surface area contributed by atoms with Gasteiger partial charge in [-0.1, -0.05) is 38.1 Å². The third kappa shape index (κ3) is 5.26. The van der Waals surface area contributed by atoms with Gasteiger partial charge in [0.25, 0.3) is 0 Å². The standard InChI is InChI=1S/C15H19F3O2S/c1-9(2)13(21-15(16,17)18)12-7-5-11(6-8-12)10(3)14(19)20-4/h5-10,13H,1-4H3. The Bertz CT molecular complexity index is 469. The molecule has 2 unspecified atom stereocenters. The summed E-state index contributed by atoms with van der Waals surface area (Å²) in [6.45, 7) is 5.22. The number of rotatable bonds is 5. The van der Waals surface area contributed by atoms with Crippen molar-refractivity contribution in [3.63, 3.8) is 0 Å². The molecular weight excluding hydrogens is 301 g/mol. The molecule has 0 aliphatic carbocycles. The maximum atomic E-state index is 12.6. The summed E-state index contributed by atoms with van der Waals surface area (Å²) in [5, 5.41) is -0.660. The lowest BCUT2D eigenvalue weighted by atomic mass is 9.96. The summed E-state index contributed by atoms with van der Waals surface area (Å²) in [5.41, 5.74) is -2.94. The molecule has 118 valence electrons. The van der Waals surface area contributed by atoms with E-state index >= 15 is 0 Å². The van der Waals surface area contributed by atoms with Crippen LogP contribution in [-0.4, -0.2) is 18.6 Å². The molecule has 6 heteroatoms. The second-order valence-corrected chi connectivity index (χ2v) is 6.35. The minimum atomic E-state index is -4.27. The van der Waals surface area contributed by atoms with Gasteiger partial charge in [0.1, 0.15) is 0 Å². The molecule has 0 fully saturated rings. The van der Waals surface area contributed by atoms with Crippen LogP contribution >= 0.6 is 11.8 Å². The molecule has 0 saturated heterocycles. The van der Waals surface area contributed by atoms with Gasteiger partial charge in [0, 0.05) is 5.25 Å². The largest absolute Gasteiger partial charge is 0.469 e. The monoisotopic (exact) mass is 320 g/mol. The fraction of sp³-hybridized carbons (Fsp3) is 0.533. The minimum absolute atomic E-state index is 0.00351. The van der Waals surface area contributed by atoms with Crippen LogP contribution in [0.4, 0.5) is 13.2 Å². The molecule has 0 spiro atoms. The summed E-state index contributed by atoms with van der Waals surface area (Å²) in [6, 6.07) is 6.67. The highest BCUT2D eigenvalue weighted by Gasteiger charge is 2.35. The van der Waals surface area contributed by atoms with Gasteiger partial charge in [-0.25, -0.2) is 0 Å². The van der Waals surface area contributed by atoms with Gasteiger partial charge in [-0.2, -0.15) is 13.2 Å². The van der Waals surface area contributed by atoms with Crippen molar-refractivity contribution in [2.45, 2.75) is 37.4 Å². The van der Waals surface area contributed by atoms with Crippen LogP contribution in [0.1, 0.15) is 43.1 Å². The highest BCUT2D eigenvalue weighted by atomic mass is 32.2. The molecule has 2 atom stereocenters. The number of halogens is 3. The molecule has 1 aromatic carbocycles. The Balaban J connectivity index is 2.95. The van der Waals surface area contributed by atoms with Gasteiger partial charge in [0.05, 0.1) is 13.0 Å². The fourth-order valence-corrected chi connectivity index (χ4v) is 2.87. The molecule has 0 radical (unpaired) electrons. The van der Waals surface area contributed by atoms with Crippen LogP contribution < -0.4 is 0 Å². The van der Waals surface area contributed by atoms with Crippen molar-refractivity contribution in [1.82, 2.24) is 0 Å². The van der Waals surface area contributed by atoms with Gasteiger partial charge < -0.3 is 4.74 Å². The van der Waals surface area contributed by atoms with E-state index in [9.17, 15) is 18.0 Å². The molecule has 0 aliphatic heterocycles. The first-order valence-electron chi connectivity index (χ1n) is 6.58. The number of thioether (sulfide) groups is 1. The molecule has 2 nitrogen and oxygen atoms in total. The van der Waals surface area contributed by atoms with Crippen molar-refractivity contribution in [3.05, 3.63) is 35.4 Å². The van der Waals surface area contributed by atoms with Crippen molar-refractivity contribution < 1.29 is 22.7 Å². The summed E-state index contributed by atoms with van der Waals surface area (Å²) in [6.07, 6.45) is 0. The second-order valence-electron chi connectivity index (χ2n) is 5.14. The maximum Gasteiger partial charge on any atom is 0.442 e. The normalized spacial score (nSPS) is 14.9. The van der Waals surface area contributed by atoms with E-state index in [2.05, 4.69) is 4.74 Å². The molecule has 0 saturated carbocycles. The Labute approximate surface area is 127 Å². The number of hydrogen-bond acceptors (Lipinski definition) is 3. The number of alkyl halides is 3. The average Bonchev–Trinajstić information content (AvgIpc) is 2.42. The average molecular weight is 320 g/mol. The molecule has 1 rings (SSSR count). The molecule has 0 heterocycles. The van der Waals surface area contributed by atoms with Gasteiger partial charge in [0.15, 0.2) is 0 Å². The second kappa shape index (κ2) is 7.20. The molecule has 0 aromatic heterocycles. The van der Waals surface area contributed by atoms with E-state index in [4.69, 9.17) is 0 Å². The van der Waals surface area contributed by atoms with E-state index in [0.29, 0.717) is 5.56 Å². The Morgan fingerprint density at radius 3 is 1.95 bits per heavy atom. The number of benzene rings is 1. The lowest BCUT2D eigenvalue weighted by Gasteiger charge is -2.22. The molecule has 1 aromatic rings. The van der Waals surface area contributed by atoms with Crippen LogP contribution in [0.2, 0.25) is 0 Å². The van der Waals surface area contributed by atoms with E-state index in [-0.39, 0.29) is 23.6 Å². The molecule has 0 N–H and O–H groups in total. The van der Waals surface area contributed by atoms with Gasteiger partial charge in [-0.15, -0.1) is 0 Å². The van der Waals surface area contributed by atoms with Crippen LogP contribution in [-0.2, 0) is 9.53 Å².